The fraction of sp³-hybridized carbons (Fsp3) is 0.667. The van der Waals surface area contributed by atoms with Gasteiger partial charge in [0.05, 0.1) is 0 Å². The largest absolute Gasteiger partial charge is 0.316 e. The van der Waals surface area contributed by atoms with Gasteiger partial charge < -0.3 is 5.32 Å². The third-order valence-corrected chi connectivity index (χ3v) is 5.98. The van der Waals surface area contributed by atoms with Crippen molar-refractivity contribution in [1.29, 1.82) is 0 Å². The van der Waals surface area contributed by atoms with Crippen LogP contribution in [0.2, 0.25) is 5.02 Å². The second-order valence-corrected chi connectivity index (χ2v) is 8.17. The van der Waals surface area contributed by atoms with Crippen LogP contribution in [-0.2, 0) is 0 Å². The SMILES string of the molecule is CC1CC(C)(C)CC12CCNCC2c1ccc(Cl)cc1. The Morgan fingerprint density at radius 2 is 1.90 bits per heavy atom. The number of rotatable bonds is 1. The van der Waals surface area contributed by atoms with Crippen molar-refractivity contribution < 1.29 is 0 Å². The average molecular weight is 292 g/mol. The maximum Gasteiger partial charge on any atom is 0.0406 e. The highest BCUT2D eigenvalue weighted by Gasteiger charge is 2.53. The van der Waals surface area contributed by atoms with E-state index in [-0.39, 0.29) is 0 Å². The summed E-state index contributed by atoms with van der Waals surface area (Å²) < 4.78 is 0. The van der Waals surface area contributed by atoms with Gasteiger partial charge in [-0.1, -0.05) is 44.5 Å². The van der Waals surface area contributed by atoms with E-state index < -0.39 is 0 Å². The van der Waals surface area contributed by atoms with Gasteiger partial charge >= 0.3 is 0 Å². The van der Waals surface area contributed by atoms with E-state index in [0.717, 1.165) is 17.5 Å². The lowest BCUT2D eigenvalue weighted by Crippen LogP contribution is -2.45. The molecule has 1 saturated carbocycles. The standard InChI is InChI=1S/C18H26ClN/c1-13-10-17(2,3)12-18(13)8-9-20-11-16(18)14-4-6-15(19)7-5-14/h4-7,13,16,20H,8-12H2,1-3H3. The normalized spacial score (nSPS) is 36.4. The fourth-order valence-electron chi connectivity index (χ4n) is 5.06. The van der Waals surface area contributed by atoms with Gasteiger partial charge in [-0.15, -0.1) is 0 Å². The number of halogens is 1. The zero-order valence-electron chi connectivity index (χ0n) is 12.9. The van der Waals surface area contributed by atoms with Crippen LogP contribution in [0.5, 0.6) is 0 Å². The van der Waals surface area contributed by atoms with Gasteiger partial charge in [0.25, 0.3) is 0 Å². The molecule has 2 fully saturated rings. The van der Waals surface area contributed by atoms with Gasteiger partial charge in [-0.3, -0.25) is 0 Å². The summed E-state index contributed by atoms with van der Waals surface area (Å²) in [7, 11) is 0. The molecule has 1 N–H and O–H groups in total. The minimum Gasteiger partial charge on any atom is -0.316 e. The van der Waals surface area contributed by atoms with Crippen LogP contribution in [0.4, 0.5) is 0 Å². The van der Waals surface area contributed by atoms with Crippen LogP contribution in [-0.4, -0.2) is 13.1 Å². The summed E-state index contributed by atoms with van der Waals surface area (Å²) in [6.07, 6.45) is 4.03. The molecule has 3 atom stereocenters. The van der Waals surface area contributed by atoms with Crippen molar-refractivity contribution in [2.45, 2.75) is 46.0 Å². The van der Waals surface area contributed by atoms with Gasteiger partial charge in [-0.2, -0.15) is 0 Å². The Labute approximate surface area is 128 Å². The molecular formula is C18H26ClN. The summed E-state index contributed by atoms with van der Waals surface area (Å²) >= 11 is 6.06. The Hall–Kier alpha value is -0.530. The maximum absolute atomic E-state index is 6.06. The molecule has 0 bridgehead atoms. The second kappa shape index (κ2) is 5.03. The minimum absolute atomic E-state index is 0.475. The molecule has 1 nitrogen and oxygen atoms in total. The van der Waals surface area contributed by atoms with E-state index >= 15 is 0 Å². The highest BCUT2D eigenvalue weighted by Crippen LogP contribution is 2.61. The lowest BCUT2D eigenvalue weighted by Gasteiger charge is -2.46. The third kappa shape index (κ3) is 2.40. The maximum atomic E-state index is 6.06. The molecule has 1 aliphatic heterocycles. The van der Waals surface area contributed by atoms with Crippen molar-refractivity contribution in [2.75, 3.05) is 13.1 Å². The van der Waals surface area contributed by atoms with Gasteiger partial charge in [0.15, 0.2) is 0 Å². The Bertz CT molecular complexity index is 479. The van der Waals surface area contributed by atoms with Crippen molar-refractivity contribution in [3.63, 3.8) is 0 Å². The summed E-state index contributed by atoms with van der Waals surface area (Å²) in [5.41, 5.74) is 2.43. The van der Waals surface area contributed by atoms with Gasteiger partial charge in [0, 0.05) is 17.5 Å². The first-order valence-corrected chi connectivity index (χ1v) is 8.27. The summed E-state index contributed by atoms with van der Waals surface area (Å²) in [6.45, 7) is 9.65. The Morgan fingerprint density at radius 3 is 2.50 bits per heavy atom. The molecule has 1 aromatic rings. The molecule has 1 aromatic carbocycles. The highest BCUT2D eigenvalue weighted by molar-refractivity contribution is 6.30. The van der Waals surface area contributed by atoms with Crippen molar-refractivity contribution in [3.05, 3.63) is 34.9 Å². The Kier molecular flexibility index (Phi) is 3.63. The van der Waals surface area contributed by atoms with Crippen LogP contribution in [0.25, 0.3) is 0 Å². The van der Waals surface area contributed by atoms with Crippen molar-refractivity contribution >= 4 is 11.6 Å². The van der Waals surface area contributed by atoms with Crippen molar-refractivity contribution in [3.8, 4) is 0 Å². The summed E-state index contributed by atoms with van der Waals surface area (Å²) in [4.78, 5) is 0. The lowest BCUT2D eigenvalue weighted by molar-refractivity contribution is 0.108. The molecule has 3 rings (SSSR count). The van der Waals surface area contributed by atoms with E-state index in [4.69, 9.17) is 11.6 Å². The molecule has 0 radical (unpaired) electrons. The van der Waals surface area contributed by atoms with Gasteiger partial charge in [-0.25, -0.2) is 0 Å². The molecule has 2 heteroatoms. The van der Waals surface area contributed by atoms with Crippen LogP contribution in [0.1, 0.15) is 51.5 Å². The van der Waals surface area contributed by atoms with E-state index in [1.165, 1.54) is 31.4 Å². The highest BCUT2D eigenvalue weighted by atomic mass is 35.5. The van der Waals surface area contributed by atoms with Gasteiger partial charge in [-0.05, 0) is 60.3 Å². The predicted molar refractivity (Wildman–Crippen MR) is 86.3 cm³/mol. The molecule has 3 unspecified atom stereocenters. The van der Waals surface area contributed by atoms with Crippen LogP contribution in [0.3, 0.4) is 0 Å². The number of hydrogen-bond acceptors (Lipinski definition) is 1. The van der Waals surface area contributed by atoms with E-state index in [1.807, 2.05) is 12.1 Å². The second-order valence-electron chi connectivity index (χ2n) is 7.74. The summed E-state index contributed by atoms with van der Waals surface area (Å²) in [5, 5.41) is 4.45. The van der Waals surface area contributed by atoms with Gasteiger partial charge in [0.2, 0.25) is 0 Å². The van der Waals surface area contributed by atoms with Crippen molar-refractivity contribution in [1.82, 2.24) is 5.32 Å². The summed E-state index contributed by atoms with van der Waals surface area (Å²) in [6, 6.07) is 8.56. The lowest BCUT2D eigenvalue weighted by atomic mass is 9.62. The average Bonchev–Trinajstić information content (AvgIpc) is 2.61. The zero-order valence-corrected chi connectivity index (χ0v) is 13.6. The molecule has 110 valence electrons. The molecule has 1 spiro atoms. The first kappa shape index (κ1) is 14.4. The Morgan fingerprint density at radius 1 is 1.20 bits per heavy atom. The quantitative estimate of drug-likeness (QED) is 0.779. The molecular weight excluding hydrogens is 266 g/mol. The monoisotopic (exact) mass is 291 g/mol. The van der Waals surface area contributed by atoms with E-state index in [0.29, 0.717) is 16.7 Å². The van der Waals surface area contributed by atoms with Crippen LogP contribution < -0.4 is 5.32 Å². The molecule has 1 saturated heterocycles. The predicted octanol–water partition coefficient (Wildman–Crippen LogP) is 4.86. The van der Waals surface area contributed by atoms with Crippen LogP contribution in [0.15, 0.2) is 24.3 Å². The number of benzene rings is 1. The first-order chi connectivity index (χ1) is 9.43. The summed E-state index contributed by atoms with van der Waals surface area (Å²) in [5.74, 6) is 1.44. The molecule has 0 amide bonds. The van der Waals surface area contributed by atoms with Crippen LogP contribution in [0, 0.1) is 16.7 Å². The molecule has 20 heavy (non-hydrogen) atoms. The van der Waals surface area contributed by atoms with Crippen LogP contribution >= 0.6 is 11.6 Å². The van der Waals surface area contributed by atoms with E-state index in [9.17, 15) is 0 Å². The van der Waals surface area contributed by atoms with E-state index in [1.54, 1.807) is 0 Å². The number of piperidine rings is 1. The molecule has 0 aromatic heterocycles. The fourth-order valence-corrected chi connectivity index (χ4v) is 5.19. The molecule has 2 aliphatic rings. The zero-order chi connectivity index (χ0) is 14.4. The number of nitrogens with one attached hydrogen (secondary N) is 1. The van der Waals surface area contributed by atoms with E-state index in [2.05, 4.69) is 38.2 Å². The molecule has 1 aliphatic carbocycles. The Balaban J connectivity index is 1.97. The smallest absolute Gasteiger partial charge is 0.0406 e. The first-order valence-electron chi connectivity index (χ1n) is 7.89. The number of hydrogen-bond donors (Lipinski definition) is 1. The minimum atomic E-state index is 0.475. The van der Waals surface area contributed by atoms with Crippen molar-refractivity contribution in [2.24, 2.45) is 16.7 Å². The third-order valence-electron chi connectivity index (χ3n) is 5.73. The topological polar surface area (TPSA) is 12.0 Å². The van der Waals surface area contributed by atoms with Gasteiger partial charge in [0.1, 0.15) is 0 Å². The molecule has 1 heterocycles.